The molecular weight excluding hydrogens is 501 g/mol. The molecule has 0 spiro atoms. The van der Waals surface area contributed by atoms with E-state index in [-0.39, 0.29) is 28.7 Å². The van der Waals surface area contributed by atoms with E-state index >= 15 is 0 Å². The van der Waals surface area contributed by atoms with Gasteiger partial charge in [-0.15, -0.1) is 0 Å². The highest BCUT2D eigenvalue weighted by Crippen LogP contribution is 2.34. The van der Waals surface area contributed by atoms with Gasteiger partial charge in [-0.1, -0.05) is 6.07 Å². The average Bonchev–Trinajstić information content (AvgIpc) is 3.37. The van der Waals surface area contributed by atoms with Crippen molar-refractivity contribution in [2.45, 2.75) is 6.18 Å². The number of benzene rings is 1. The number of halogens is 3. The standard InChI is InChI=1S/C26H15F3N6O3/c1-37-24-17-5-4-16(11-15(17)6-9-31-24)23-34-22(35-10-7-14-3-2-8-30-20(14)25(35)36)21(38-23)18-12-33-19(13-32-18)26(27,28)29/h2-13H,1H3. The number of ether oxygens (including phenoxy) is 1. The van der Waals surface area contributed by atoms with Gasteiger partial charge in [0.25, 0.3) is 5.56 Å². The van der Waals surface area contributed by atoms with Crippen LogP contribution in [0.5, 0.6) is 5.88 Å². The van der Waals surface area contributed by atoms with Crippen LogP contribution < -0.4 is 10.3 Å². The number of rotatable bonds is 4. The van der Waals surface area contributed by atoms with Crippen molar-refractivity contribution in [3.8, 4) is 34.6 Å². The van der Waals surface area contributed by atoms with Crippen molar-refractivity contribution in [1.29, 1.82) is 0 Å². The smallest absolute Gasteiger partial charge is 0.434 e. The van der Waals surface area contributed by atoms with Gasteiger partial charge in [-0.25, -0.2) is 15.0 Å². The molecule has 0 saturated heterocycles. The fourth-order valence-corrected chi connectivity index (χ4v) is 4.04. The van der Waals surface area contributed by atoms with Gasteiger partial charge in [0.15, 0.2) is 17.3 Å². The molecule has 0 fully saturated rings. The van der Waals surface area contributed by atoms with Crippen molar-refractivity contribution in [1.82, 2.24) is 29.5 Å². The van der Waals surface area contributed by atoms with Gasteiger partial charge in [-0.2, -0.15) is 18.2 Å². The molecule has 0 N–H and O–H groups in total. The molecule has 0 bridgehead atoms. The minimum Gasteiger partial charge on any atom is -0.481 e. The molecule has 6 rings (SSSR count). The first-order valence-electron chi connectivity index (χ1n) is 11.1. The summed E-state index contributed by atoms with van der Waals surface area (Å²) >= 11 is 0. The second kappa shape index (κ2) is 8.76. The van der Waals surface area contributed by atoms with Crippen LogP contribution in [0.2, 0.25) is 0 Å². The van der Waals surface area contributed by atoms with Crippen LogP contribution in [0.3, 0.4) is 0 Å². The van der Waals surface area contributed by atoms with Crippen LogP contribution in [0.1, 0.15) is 5.69 Å². The Labute approximate surface area is 211 Å². The van der Waals surface area contributed by atoms with E-state index in [1.165, 1.54) is 24.1 Å². The predicted molar refractivity (Wildman–Crippen MR) is 131 cm³/mol. The first kappa shape index (κ1) is 23.3. The topological polar surface area (TPSA) is 109 Å². The van der Waals surface area contributed by atoms with Crippen LogP contribution in [0, 0.1) is 0 Å². The molecule has 0 atom stereocenters. The van der Waals surface area contributed by atoms with Crippen LogP contribution >= 0.6 is 0 Å². The fraction of sp³-hybridized carbons (Fsp3) is 0.0769. The maximum atomic E-state index is 13.3. The quantitative estimate of drug-likeness (QED) is 0.319. The summed E-state index contributed by atoms with van der Waals surface area (Å²) in [5, 5.41) is 2.17. The normalized spacial score (nSPS) is 11.8. The molecule has 12 heteroatoms. The van der Waals surface area contributed by atoms with Crippen LogP contribution in [0.15, 0.2) is 82.7 Å². The SMILES string of the molecule is COc1nccc2cc(-c3nc(-n4ccc5cccnc5c4=O)c(-c4cnc(C(F)(F)F)cn4)o3)ccc12. The third kappa shape index (κ3) is 3.92. The van der Waals surface area contributed by atoms with Crippen molar-refractivity contribution < 1.29 is 22.3 Å². The van der Waals surface area contributed by atoms with Gasteiger partial charge in [0.2, 0.25) is 11.8 Å². The van der Waals surface area contributed by atoms with Crippen molar-refractivity contribution in [3.63, 3.8) is 0 Å². The number of hydrogen-bond acceptors (Lipinski definition) is 8. The van der Waals surface area contributed by atoms with E-state index in [2.05, 4.69) is 24.9 Å². The van der Waals surface area contributed by atoms with Gasteiger partial charge in [-0.3, -0.25) is 14.3 Å². The van der Waals surface area contributed by atoms with E-state index < -0.39 is 17.4 Å². The third-order valence-electron chi connectivity index (χ3n) is 5.84. The molecule has 0 aliphatic rings. The van der Waals surface area contributed by atoms with E-state index in [1.54, 1.807) is 48.7 Å². The second-order valence-corrected chi connectivity index (χ2v) is 8.14. The van der Waals surface area contributed by atoms with Gasteiger partial charge in [0.1, 0.15) is 11.2 Å². The number of methoxy groups -OCH3 is 1. The molecule has 0 aliphatic carbocycles. The summed E-state index contributed by atoms with van der Waals surface area (Å²) in [6.45, 7) is 0. The average molecular weight is 516 g/mol. The van der Waals surface area contributed by atoms with Gasteiger partial charge >= 0.3 is 6.18 Å². The number of fused-ring (bicyclic) bond motifs is 2. The number of alkyl halides is 3. The molecule has 0 amide bonds. The molecule has 5 heterocycles. The predicted octanol–water partition coefficient (Wildman–Crippen LogP) is 5.07. The van der Waals surface area contributed by atoms with E-state index in [4.69, 9.17) is 9.15 Å². The van der Waals surface area contributed by atoms with Crippen LogP contribution in [-0.2, 0) is 6.18 Å². The molecule has 0 aliphatic heterocycles. The Kier molecular flexibility index (Phi) is 5.37. The summed E-state index contributed by atoms with van der Waals surface area (Å²) in [7, 11) is 1.52. The molecule has 6 aromatic rings. The molecule has 188 valence electrons. The molecule has 5 aromatic heterocycles. The molecule has 0 saturated carbocycles. The van der Waals surface area contributed by atoms with Gasteiger partial charge < -0.3 is 9.15 Å². The van der Waals surface area contributed by atoms with Gasteiger partial charge in [0.05, 0.1) is 19.5 Å². The lowest BCUT2D eigenvalue weighted by atomic mass is 10.1. The Bertz CT molecular complexity index is 1880. The Balaban J connectivity index is 1.56. The van der Waals surface area contributed by atoms with E-state index in [9.17, 15) is 18.0 Å². The summed E-state index contributed by atoms with van der Waals surface area (Å²) in [5.74, 6) is 0.547. The highest BCUT2D eigenvalue weighted by molar-refractivity contribution is 5.90. The lowest BCUT2D eigenvalue weighted by Gasteiger charge is -2.07. The van der Waals surface area contributed by atoms with Crippen molar-refractivity contribution >= 4 is 21.7 Å². The minimum atomic E-state index is -4.66. The van der Waals surface area contributed by atoms with Crippen molar-refractivity contribution in [2.75, 3.05) is 7.11 Å². The van der Waals surface area contributed by atoms with E-state index in [1.807, 2.05) is 0 Å². The molecule has 0 radical (unpaired) electrons. The van der Waals surface area contributed by atoms with Gasteiger partial charge in [-0.05, 0) is 41.8 Å². The fourth-order valence-electron chi connectivity index (χ4n) is 4.04. The lowest BCUT2D eigenvalue weighted by Crippen LogP contribution is -2.19. The summed E-state index contributed by atoms with van der Waals surface area (Å²) < 4.78 is 51.7. The molecule has 0 unspecified atom stereocenters. The molecular formula is C26H15F3N6O3. The summed E-state index contributed by atoms with van der Waals surface area (Å²) in [6.07, 6.45) is 1.44. The number of oxazole rings is 1. The van der Waals surface area contributed by atoms with E-state index in [0.717, 1.165) is 17.0 Å². The summed E-state index contributed by atoms with van der Waals surface area (Å²) in [5.41, 5.74) is -0.948. The molecule has 38 heavy (non-hydrogen) atoms. The Morgan fingerprint density at radius 2 is 1.82 bits per heavy atom. The highest BCUT2D eigenvalue weighted by atomic mass is 19.4. The first-order chi connectivity index (χ1) is 18.3. The third-order valence-corrected chi connectivity index (χ3v) is 5.84. The zero-order valence-electron chi connectivity index (χ0n) is 19.5. The minimum absolute atomic E-state index is 0.0269. The zero-order valence-corrected chi connectivity index (χ0v) is 19.5. The number of hydrogen-bond donors (Lipinski definition) is 0. The summed E-state index contributed by atoms with van der Waals surface area (Å²) in [6, 6.07) is 12.2. The number of pyridine rings is 3. The van der Waals surface area contributed by atoms with Crippen molar-refractivity contribution in [2.24, 2.45) is 0 Å². The monoisotopic (exact) mass is 516 g/mol. The molecule has 1 aromatic carbocycles. The van der Waals surface area contributed by atoms with Crippen molar-refractivity contribution in [3.05, 3.63) is 89.5 Å². The second-order valence-electron chi connectivity index (χ2n) is 8.14. The van der Waals surface area contributed by atoms with Gasteiger partial charge in [0, 0.05) is 34.9 Å². The summed E-state index contributed by atoms with van der Waals surface area (Å²) in [4.78, 5) is 33.6. The maximum absolute atomic E-state index is 13.3. The zero-order chi connectivity index (χ0) is 26.4. The van der Waals surface area contributed by atoms with Crippen LogP contribution in [-0.4, -0.2) is 36.6 Å². The molecule has 9 nitrogen and oxygen atoms in total. The van der Waals surface area contributed by atoms with E-state index in [0.29, 0.717) is 23.0 Å². The Morgan fingerprint density at radius 3 is 2.58 bits per heavy atom. The van der Waals surface area contributed by atoms with Crippen LogP contribution in [0.4, 0.5) is 13.2 Å². The largest absolute Gasteiger partial charge is 0.481 e. The highest BCUT2D eigenvalue weighted by Gasteiger charge is 2.33. The first-order valence-corrected chi connectivity index (χ1v) is 11.1. The van der Waals surface area contributed by atoms with Crippen LogP contribution in [0.25, 0.3) is 50.4 Å². The number of nitrogens with zero attached hydrogens (tertiary/aromatic N) is 6. The lowest BCUT2D eigenvalue weighted by molar-refractivity contribution is -0.141. The maximum Gasteiger partial charge on any atom is 0.434 e. The number of aromatic nitrogens is 6. The Morgan fingerprint density at radius 1 is 0.947 bits per heavy atom. The Hall–Kier alpha value is -5.13.